The van der Waals surface area contributed by atoms with E-state index >= 15 is 0 Å². The van der Waals surface area contributed by atoms with E-state index in [-0.39, 0.29) is 12.6 Å². The molecule has 1 aromatic carbocycles. The van der Waals surface area contributed by atoms with Gasteiger partial charge in [-0.05, 0) is 18.1 Å². The van der Waals surface area contributed by atoms with E-state index in [2.05, 4.69) is 5.32 Å². The third-order valence-corrected chi connectivity index (χ3v) is 3.91. The monoisotopic (exact) mass is 276 g/mol. The Morgan fingerprint density at radius 2 is 2.15 bits per heavy atom. The lowest BCUT2D eigenvalue weighted by molar-refractivity contribution is -0.144. The van der Waals surface area contributed by atoms with Gasteiger partial charge < -0.3 is 15.2 Å². The van der Waals surface area contributed by atoms with Gasteiger partial charge in [0.25, 0.3) is 0 Å². The number of para-hydroxylation sites is 1. The highest BCUT2D eigenvalue weighted by Crippen LogP contribution is 2.28. The molecule has 0 radical (unpaired) electrons. The Balaban J connectivity index is 1.79. The summed E-state index contributed by atoms with van der Waals surface area (Å²) in [5.41, 5.74) is 0.661. The predicted molar refractivity (Wildman–Crippen MR) is 71.8 cm³/mol. The summed E-state index contributed by atoms with van der Waals surface area (Å²) in [5.74, 6) is -1.05. The van der Waals surface area contributed by atoms with Crippen LogP contribution in [0.3, 0.4) is 0 Å². The van der Waals surface area contributed by atoms with Crippen molar-refractivity contribution in [2.75, 3.05) is 24.7 Å². The summed E-state index contributed by atoms with van der Waals surface area (Å²) in [4.78, 5) is 25.4. The summed E-state index contributed by atoms with van der Waals surface area (Å²) >= 11 is 0. The maximum absolute atomic E-state index is 12.4. The van der Waals surface area contributed by atoms with Crippen molar-refractivity contribution < 1.29 is 19.4 Å². The number of carbonyl (C=O) groups is 2. The minimum Gasteiger partial charge on any atom is -0.479 e. The van der Waals surface area contributed by atoms with Crippen LogP contribution in [0.5, 0.6) is 0 Å². The molecule has 2 amide bonds. The third kappa shape index (κ3) is 2.02. The lowest BCUT2D eigenvalue weighted by Crippen LogP contribution is -2.58. The van der Waals surface area contributed by atoms with Crippen molar-refractivity contribution in [1.29, 1.82) is 0 Å². The Labute approximate surface area is 116 Å². The first-order chi connectivity index (χ1) is 9.62. The molecular weight excluding hydrogens is 260 g/mol. The number of nitrogens with one attached hydrogen (secondary N) is 1. The number of carbonyl (C=O) groups excluding carboxylic acids is 1. The van der Waals surface area contributed by atoms with E-state index < -0.39 is 11.5 Å². The smallest absolute Gasteiger partial charge is 0.332 e. The van der Waals surface area contributed by atoms with Crippen molar-refractivity contribution in [1.82, 2.24) is 5.32 Å². The number of aliphatic carboxylic acids is 1. The van der Waals surface area contributed by atoms with Gasteiger partial charge in [0, 0.05) is 25.3 Å². The zero-order valence-corrected chi connectivity index (χ0v) is 11.0. The second-order valence-corrected chi connectivity index (χ2v) is 5.15. The molecule has 1 saturated heterocycles. The molecule has 1 fully saturated rings. The zero-order valence-electron chi connectivity index (χ0n) is 11.0. The molecule has 2 aliphatic rings. The van der Waals surface area contributed by atoms with Crippen LogP contribution in [0.15, 0.2) is 24.3 Å². The van der Waals surface area contributed by atoms with Gasteiger partial charge in [-0.25, -0.2) is 9.59 Å². The molecule has 1 atom stereocenters. The average Bonchev–Trinajstić information content (AvgIpc) is 3.05. The maximum Gasteiger partial charge on any atom is 0.332 e. The van der Waals surface area contributed by atoms with Crippen LogP contribution in [0, 0.1) is 0 Å². The van der Waals surface area contributed by atoms with Crippen LogP contribution in [-0.2, 0) is 16.0 Å². The molecule has 0 aromatic heterocycles. The molecule has 6 nitrogen and oxygen atoms in total. The lowest BCUT2D eigenvalue weighted by atomic mass is 9.99. The van der Waals surface area contributed by atoms with Gasteiger partial charge in [-0.15, -0.1) is 0 Å². The van der Waals surface area contributed by atoms with Crippen LogP contribution in [0.1, 0.15) is 12.0 Å². The number of amides is 2. The number of hydrogen-bond donors (Lipinski definition) is 2. The van der Waals surface area contributed by atoms with Crippen LogP contribution in [0.4, 0.5) is 10.5 Å². The number of ether oxygens (including phenoxy) is 1. The summed E-state index contributed by atoms with van der Waals surface area (Å²) in [6.45, 7) is 0.939. The summed E-state index contributed by atoms with van der Waals surface area (Å²) in [7, 11) is 0. The Bertz CT molecular complexity index is 552. The van der Waals surface area contributed by atoms with E-state index in [0.29, 0.717) is 19.6 Å². The number of anilines is 1. The number of carboxylic acids is 1. The number of benzene rings is 1. The van der Waals surface area contributed by atoms with Gasteiger partial charge in [-0.1, -0.05) is 18.2 Å². The summed E-state index contributed by atoms with van der Waals surface area (Å²) in [6, 6.07) is 7.29. The van der Waals surface area contributed by atoms with Gasteiger partial charge in [0.15, 0.2) is 5.54 Å². The number of carboxylic acid groups (broad SMARTS) is 1. The van der Waals surface area contributed by atoms with Crippen molar-refractivity contribution in [3.63, 3.8) is 0 Å². The molecule has 1 unspecified atom stereocenters. The van der Waals surface area contributed by atoms with Gasteiger partial charge in [-0.3, -0.25) is 4.90 Å². The topological polar surface area (TPSA) is 78.9 Å². The van der Waals surface area contributed by atoms with E-state index in [1.54, 1.807) is 4.90 Å². The number of rotatable bonds is 2. The van der Waals surface area contributed by atoms with Gasteiger partial charge in [-0.2, -0.15) is 0 Å². The van der Waals surface area contributed by atoms with Crippen molar-refractivity contribution in [3.05, 3.63) is 29.8 Å². The number of nitrogens with zero attached hydrogens (tertiary/aromatic N) is 1. The van der Waals surface area contributed by atoms with Crippen molar-refractivity contribution in [2.24, 2.45) is 0 Å². The van der Waals surface area contributed by atoms with Crippen molar-refractivity contribution in [3.8, 4) is 0 Å². The van der Waals surface area contributed by atoms with Gasteiger partial charge in [0.1, 0.15) is 0 Å². The molecule has 3 rings (SSSR count). The lowest BCUT2D eigenvalue weighted by Gasteiger charge is -2.27. The van der Waals surface area contributed by atoms with Crippen LogP contribution in [0.2, 0.25) is 0 Å². The molecule has 0 saturated carbocycles. The fraction of sp³-hybridized carbons (Fsp3) is 0.429. The second kappa shape index (κ2) is 4.79. The molecule has 6 heteroatoms. The summed E-state index contributed by atoms with van der Waals surface area (Å²) in [6.07, 6.45) is 1.09. The molecule has 0 aliphatic carbocycles. The summed E-state index contributed by atoms with van der Waals surface area (Å²) < 4.78 is 5.14. The Hall–Kier alpha value is -2.08. The quantitative estimate of drug-likeness (QED) is 0.844. The van der Waals surface area contributed by atoms with Crippen molar-refractivity contribution in [2.45, 2.75) is 18.4 Å². The van der Waals surface area contributed by atoms with E-state index in [9.17, 15) is 14.7 Å². The van der Waals surface area contributed by atoms with Crippen molar-refractivity contribution >= 4 is 17.7 Å². The minimum absolute atomic E-state index is 0.0174. The van der Waals surface area contributed by atoms with Crippen LogP contribution in [-0.4, -0.2) is 42.4 Å². The largest absolute Gasteiger partial charge is 0.479 e. The number of urea groups is 1. The van der Waals surface area contributed by atoms with Crippen LogP contribution < -0.4 is 10.2 Å². The summed E-state index contributed by atoms with van der Waals surface area (Å²) in [5, 5.41) is 12.0. The van der Waals surface area contributed by atoms with E-state index in [1.807, 2.05) is 24.3 Å². The van der Waals surface area contributed by atoms with Gasteiger partial charge >= 0.3 is 12.0 Å². The fourth-order valence-corrected chi connectivity index (χ4v) is 2.71. The molecule has 2 heterocycles. The number of hydrogen-bond acceptors (Lipinski definition) is 3. The normalized spacial score (nSPS) is 24.5. The van der Waals surface area contributed by atoms with Gasteiger partial charge in [0.2, 0.25) is 0 Å². The third-order valence-electron chi connectivity index (χ3n) is 3.91. The first kappa shape index (κ1) is 12.9. The molecule has 1 aromatic rings. The zero-order chi connectivity index (χ0) is 14.2. The SMILES string of the molecule is O=C(NC1(C(=O)O)CCOC1)N1CCc2ccccc21. The molecule has 20 heavy (non-hydrogen) atoms. The highest BCUT2D eigenvalue weighted by Gasteiger charge is 2.45. The highest BCUT2D eigenvalue weighted by molar-refractivity contribution is 5.97. The van der Waals surface area contributed by atoms with Crippen LogP contribution in [0.25, 0.3) is 0 Å². The Kier molecular flexibility index (Phi) is 3.10. The first-order valence-corrected chi connectivity index (χ1v) is 6.61. The number of fused-ring (bicyclic) bond motifs is 1. The second-order valence-electron chi connectivity index (χ2n) is 5.15. The molecule has 2 N–H and O–H groups in total. The maximum atomic E-state index is 12.4. The standard InChI is InChI=1S/C14H16N2O4/c17-12(18)14(6-8-20-9-14)15-13(19)16-7-5-10-3-1-2-4-11(10)16/h1-4H,5-9H2,(H,15,19)(H,17,18). The molecule has 2 aliphatic heterocycles. The van der Waals surface area contributed by atoms with E-state index in [1.165, 1.54) is 0 Å². The first-order valence-electron chi connectivity index (χ1n) is 6.61. The fourth-order valence-electron chi connectivity index (χ4n) is 2.71. The van der Waals surface area contributed by atoms with Crippen LogP contribution >= 0.6 is 0 Å². The average molecular weight is 276 g/mol. The minimum atomic E-state index is -1.30. The molecule has 0 spiro atoms. The Morgan fingerprint density at radius 3 is 2.85 bits per heavy atom. The molecule has 0 bridgehead atoms. The predicted octanol–water partition coefficient (Wildman–Crippen LogP) is 1.00. The molecule has 106 valence electrons. The highest BCUT2D eigenvalue weighted by atomic mass is 16.5. The van der Waals surface area contributed by atoms with E-state index in [0.717, 1.165) is 17.7 Å². The molecular formula is C14H16N2O4. The van der Waals surface area contributed by atoms with E-state index in [4.69, 9.17) is 4.74 Å². The van der Waals surface area contributed by atoms with Gasteiger partial charge in [0.05, 0.1) is 6.61 Å². The Morgan fingerprint density at radius 1 is 1.35 bits per heavy atom.